The minimum atomic E-state index is -0.812. The van der Waals surface area contributed by atoms with Crippen molar-refractivity contribution < 1.29 is 9.31 Å². The van der Waals surface area contributed by atoms with Crippen LogP contribution in [-0.2, 0) is 0 Å². The van der Waals surface area contributed by atoms with Crippen LogP contribution < -0.4 is 5.32 Å². The zero-order valence-corrected chi connectivity index (χ0v) is 8.66. The number of hydrogen-bond donors (Lipinski definition) is 1. The van der Waals surface area contributed by atoms with Crippen LogP contribution in [0.25, 0.3) is 0 Å². The molecule has 15 heavy (non-hydrogen) atoms. The second kappa shape index (κ2) is 4.72. The van der Waals surface area contributed by atoms with Gasteiger partial charge in [0.2, 0.25) is 5.82 Å². The summed E-state index contributed by atoms with van der Waals surface area (Å²) in [5.74, 6) is -0.812. The number of nitro benzene ring substituents is 1. The van der Waals surface area contributed by atoms with Gasteiger partial charge in [-0.15, -0.1) is 0 Å². The Morgan fingerprint density at radius 1 is 1.60 bits per heavy atom. The number of nitrogens with zero attached hydrogens (tertiary/aromatic N) is 1. The summed E-state index contributed by atoms with van der Waals surface area (Å²) in [6.07, 6.45) is 0.813. The first-order valence-electron chi connectivity index (χ1n) is 4.75. The van der Waals surface area contributed by atoms with Gasteiger partial charge >= 0.3 is 5.69 Å². The second-order valence-electron chi connectivity index (χ2n) is 3.35. The third-order valence-electron chi connectivity index (χ3n) is 2.18. The van der Waals surface area contributed by atoms with Gasteiger partial charge in [-0.25, -0.2) is 0 Å². The van der Waals surface area contributed by atoms with Gasteiger partial charge in [-0.1, -0.05) is 13.0 Å². The molecule has 0 radical (unpaired) electrons. The molecule has 0 aliphatic heterocycles. The summed E-state index contributed by atoms with van der Waals surface area (Å²) in [4.78, 5) is 9.93. The van der Waals surface area contributed by atoms with Crippen molar-refractivity contribution in [1.29, 1.82) is 0 Å². The van der Waals surface area contributed by atoms with Crippen LogP contribution in [0.1, 0.15) is 20.3 Å². The highest BCUT2D eigenvalue weighted by molar-refractivity contribution is 5.62. The van der Waals surface area contributed by atoms with Gasteiger partial charge < -0.3 is 5.32 Å². The Labute approximate surface area is 87.3 Å². The molecule has 1 N–H and O–H groups in total. The van der Waals surface area contributed by atoms with Crippen molar-refractivity contribution in [2.45, 2.75) is 26.3 Å². The third-order valence-corrected chi connectivity index (χ3v) is 2.18. The molecule has 0 heterocycles. The molecule has 0 aliphatic rings. The van der Waals surface area contributed by atoms with Crippen LogP contribution >= 0.6 is 0 Å². The fraction of sp³-hybridized carbons (Fsp3) is 0.400. The number of hydrogen-bond acceptors (Lipinski definition) is 3. The van der Waals surface area contributed by atoms with E-state index in [4.69, 9.17) is 0 Å². The molecule has 0 aromatic heterocycles. The quantitative estimate of drug-likeness (QED) is 0.616. The van der Waals surface area contributed by atoms with E-state index in [1.165, 1.54) is 12.1 Å². The van der Waals surface area contributed by atoms with Gasteiger partial charge in [-0.3, -0.25) is 10.1 Å². The number of nitrogens with one attached hydrogen (secondary N) is 1. The molecule has 1 unspecified atom stereocenters. The largest absolute Gasteiger partial charge is 0.377 e. The third kappa shape index (κ3) is 2.65. The summed E-state index contributed by atoms with van der Waals surface area (Å²) in [5, 5.41) is 13.5. The first-order chi connectivity index (χ1) is 7.06. The van der Waals surface area contributed by atoms with Gasteiger partial charge in [0, 0.05) is 6.04 Å². The van der Waals surface area contributed by atoms with E-state index < -0.39 is 16.4 Å². The molecule has 1 atom stereocenters. The predicted octanol–water partition coefficient (Wildman–Crippen LogP) is 2.94. The Hall–Kier alpha value is -1.65. The summed E-state index contributed by atoms with van der Waals surface area (Å²) in [6.45, 7) is 3.83. The molecule has 0 spiro atoms. The van der Waals surface area contributed by atoms with E-state index in [-0.39, 0.29) is 11.7 Å². The van der Waals surface area contributed by atoms with E-state index in [1.54, 1.807) is 0 Å². The lowest BCUT2D eigenvalue weighted by atomic mass is 10.2. The number of rotatable bonds is 4. The van der Waals surface area contributed by atoms with Gasteiger partial charge in [-0.05, 0) is 25.5 Å². The molecule has 0 bridgehead atoms. The molecule has 0 amide bonds. The number of halogens is 1. The van der Waals surface area contributed by atoms with E-state index in [0.29, 0.717) is 0 Å². The fourth-order valence-electron chi connectivity index (χ4n) is 1.18. The van der Waals surface area contributed by atoms with Crippen LogP contribution in [0.15, 0.2) is 18.2 Å². The fourth-order valence-corrected chi connectivity index (χ4v) is 1.18. The van der Waals surface area contributed by atoms with E-state index in [2.05, 4.69) is 5.32 Å². The topological polar surface area (TPSA) is 55.2 Å². The average molecular weight is 212 g/mol. The van der Waals surface area contributed by atoms with Crippen molar-refractivity contribution in [2.24, 2.45) is 0 Å². The van der Waals surface area contributed by atoms with Crippen molar-refractivity contribution in [2.75, 3.05) is 5.32 Å². The van der Waals surface area contributed by atoms with Crippen LogP contribution in [-0.4, -0.2) is 11.0 Å². The molecule has 1 aromatic carbocycles. The van der Waals surface area contributed by atoms with E-state index in [0.717, 1.165) is 12.5 Å². The lowest BCUT2D eigenvalue weighted by Gasteiger charge is -2.12. The van der Waals surface area contributed by atoms with E-state index in [1.807, 2.05) is 13.8 Å². The zero-order valence-electron chi connectivity index (χ0n) is 8.66. The van der Waals surface area contributed by atoms with Gasteiger partial charge in [0.05, 0.1) is 4.92 Å². The highest BCUT2D eigenvalue weighted by Gasteiger charge is 2.20. The SMILES string of the molecule is CCC(C)Nc1cccc(F)c1[N+](=O)[O-]. The van der Waals surface area contributed by atoms with E-state index in [9.17, 15) is 14.5 Å². The number of benzene rings is 1. The monoisotopic (exact) mass is 212 g/mol. The lowest BCUT2D eigenvalue weighted by molar-refractivity contribution is -0.386. The molecular weight excluding hydrogens is 199 g/mol. The summed E-state index contributed by atoms with van der Waals surface area (Å²) in [7, 11) is 0. The highest BCUT2D eigenvalue weighted by Crippen LogP contribution is 2.27. The van der Waals surface area contributed by atoms with Gasteiger partial charge in [-0.2, -0.15) is 4.39 Å². The molecule has 1 rings (SSSR count). The molecular formula is C10H13FN2O2. The zero-order chi connectivity index (χ0) is 11.4. The van der Waals surface area contributed by atoms with Crippen LogP contribution in [0, 0.1) is 15.9 Å². The van der Waals surface area contributed by atoms with E-state index >= 15 is 0 Å². The van der Waals surface area contributed by atoms with Crippen LogP contribution in [0.2, 0.25) is 0 Å². The Morgan fingerprint density at radius 3 is 2.80 bits per heavy atom. The maximum Gasteiger partial charge on any atom is 0.327 e. The minimum absolute atomic E-state index is 0.0745. The molecule has 5 heteroatoms. The Bertz CT molecular complexity index is 368. The number of anilines is 1. The van der Waals surface area contributed by atoms with Gasteiger partial charge in [0.1, 0.15) is 5.69 Å². The molecule has 0 fully saturated rings. The number of nitro groups is 1. The normalized spacial score (nSPS) is 12.2. The maximum absolute atomic E-state index is 13.2. The van der Waals surface area contributed by atoms with Crippen molar-refractivity contribution in [3.05, 3.63) is 34.1 Å². The minimum Gasteiger partial charge on any atom is -0.377 e. The Kier molecular flexibility index (Phi) is 3.60. The van der Waals surface area contributed by atoms with Crippen LogP contribution in [0.4, 0.5) is 15.8 Å². The van der Waals surface area contributed by atoms with Crippen molar-refractivity contribution in [3.63, 3.8) is 0 Å². The molecule has 82 valence electrons. The Balaban J connectivity index is 3.06. The van der Waals surface area contributed by atoms with Crippen LogP contribution in [0.5, 0.6) is 0 Å². The standard InChI is InChI=1S/C10H13FN2O2/c1-3-7(2)12-9-6-4-5-8(11)10(9)13(14)15/h4-7,12H,3H2,1-2H3. The molecule has 0 saturated carbocycles. The first-order valence-corrected chi connectivity index (χ1v) is 4.75. The summed E-state index contributed by atoms with van der Waals surface area (Å²) < 4.78 is 13.2. The van der Waals surface area contributed by atoms with Crippen molar-refractivity contribution >= 4 is 11.4 Å². The Morgan fingerprint density at radius 2 is 2.27 bits per heavy atom. The summed E-state index contributed by atoms with van der Waals surface area (Å²) in [6, 6.07) is 4.12. The van der Waals surface area contributed by atoms with Gasteiger partial charge in [0.15, 0.2) is 0 Å². The van der Waals surface area contributed by atoms with Crippen molar-refractivity contribution in [3.8, 4) is 0 Å². The summed E-state index contributed by atoms with van der Waals surface area (Å²) >= 11 is 0. The first kappa shape index (κ1) is 11.4. The molecule has 4 nitrogen and oxygen atoms in total. The molecule has 0 saturated heterocycles. The molecule has 0 aliphatic carbocycles. The summed E-state index contributed by atoms with van der Waals surface area (Å²) in [5.41, 5.74) is -0.257. The highest BCUT2D eigenvalue weighted by atomic mass is 19.1. The lowest BCUT2D eigenvalue weighted by Crippen LogP contribution is -2.14. The van der Waals surface area contributed by atoms with Gasteiger partial charge in [0.25, 0.3) is 0 Å². The average Bonchev–Trinajstić information content (AvgIpc) is 2.17. The smallest absolute Gasteiger partial charge is 0.327 e. The van der Waals surface area contributed by atoms with Crippen molar-refractivity contribution in [1.82, 2.24) is 0 Å². The second-order valence-corrected chi connectivity index (χ2v) is 3.35. The maximum atomic E-state index is 13.2. The number of para-hydroxylation sites is 1. The predicted molar refractivity (Wildman–Crippen MR) is 56.4 cm³/mol. The molecule has 1 aromatic rings. The van der Waals surface area contributed by atoms with Crippen LogP contribution in [0.3, 0.4) is 0 Å².